The lowest BCUT2D eigenvalue weighted by Crippen LogP contribution is -2.68. The van der Waals surface area contributed by atoms with E-state index in [2.05, 4.69) is 25.5 Å². The molecule has 4 rings (SSSR count). The van der Waals surface area contributed by atoms with E-state index in [4.69, 9.17) is 10.6 Å². The van der Waals surface area contributed by atoms with E-state index in [1.165, 1.54) is 10.1 Å². The number of nitrogens with one attached hydrogen (secondary N) is 3. The molecule has 4 amide bonds. The van der Waals surface area contributed by atoms with Gasteiger partial charge in [0.25, 0.3) is 11.8 Å². The fraction of sp³-hybridized carbons (Fsp3) is 0.318. The zero-order valence-corrected chi connectivity index (χ0v) is 25.2. The van der Waals surface area contributed by atoms with E-state index in [0.717, 1.165) is 37.4 Å². The van der Waals surface area contributed by atoms with E-state index in [9.17, 15) is 52.5 Å². The molecule has 246 valence electrons. The number of hydrogen-bond donors (Lipinski definition) is 7. The van der Waals surface area contributed by atoms with Crippen LogP contribution in [0.3, 0.4) is 0 Å². The third-order valence-electron chi connectivity index (χ3n) is 6.08. The van der Waals surface area contributed by atoms with Crippen LogP contribution in [0.1, 0.15) is 19.5 Å². The molecule has 0 saturated carbocycles. The molecule has 1 aliphatic rings. The summed E-state index contributed by atoms with van der Waals surface area (Å²) in [5.74, 6) is -4.69. The summed E-state index contributed by atoms with van der Waals surface area (Å²) in [6.45, 7) is 0.625. The first-order chi connectivity index (χ1) is 21.5. The number of carbonyl (C=O) groups is 4. The molecular formula is C22H24N10O12S2. The van der Waals surface area contributed by atoms with E-state index >= 15 is 0 Å². The van der Waals surface area contributed by atoms with E-state index < -0.39 is 93.8 Å². The van der Waals surface area contributed by atoms with Crippen molar-refractivity contribution in [2.75, 3.05) is 18.9 Å². The smallest absolute Gasteiger partial charge is 0.362 e. The summed E-state index contributed by atoms with van der Waals surface area (Å²) in [5.41, 5.74) is 0.591. The monoisotopic (exact) mass is 684 g/mol. The number of carboxylic acids is 1. The molecule has 24 heteroatoms. The Morgan fingerprint density at radius 1 is 1.28 bits per heavy atom. The normalized spacial score (nSPS) is 15.3. The molecule has 8 N–H and O–H groups in total. The summed E-state index contributed by atoms with van der Waals surface area (Å²) in [5, 5.41) is 38.8. The molecule has 22 nitrogen and oxygen atoms in total. The maximum Gasteiger partial charge on any atom is 0.362 e. The van der Waals surface area contributed by atoms with Gasteiger partial charge in [0.15, 0.2) is 22.4 Å². The number of aliphatic carboxylic acids is 1. The predicted molar refractivity (Wildman–Crippen MR) is 154 cm³/mol. The predicted octanol–water partition coefficient (Wildman–Crippen LogP) is -3.45. The van der Waals surface area contributed by atoms with Gasteiger partial charge in [-0.3, -0.25) is 23.9 Å². The number of amides is 4. The Morgan fingerprint density at radius 3 is 2.54 bits per heavy atom. The number of thiazole rings is 1. The molecule has 0 aromatic carbocycles. The van der Waals surface area contributed by atoms with Crippen molar-refractivity contribution in [3.05, 3.63) is 44.0 Å². The van der Waals surface area contributed by atoms with Crippen molar-refractivity contribution in [2.24, 2.45) is 5.16 Å². The van der Waals surface area contributed by atoms with Crippen molar-refractivity contribution < 1.29 is 47.8 Å². The first kappa shape index (κ1) is 33.3. The van der Waals surface area contributed by atoms with Crippen molar-refractivity contribution in [3.8, 4) is 17.3 Å². The minimum Gasteiger partial charge on any atom is -0.503 e. The van der Waals surface area contributed by atoms with Gasteiger partial charge in [-0.1, -0.05) is 9.24 Å². The highest BCUT2D eigenvalue weighted by molar-refractivity contribution is 7.88. The highest BCUT2D eigenvalue weighted by Crippen LogP contribution is 2.17. The number of aromatic hydroxyl groups is 1. The minimum atomic E-state index is -5.13. The number of aliphatic hydroxyl groups excluding tert-OH is 1. The number of pyridine rings is 1. The third-order valence-corrected chi connectivity index (χ3v) is 7.88. The molecule has 3 aromatic rings. The van der Waals surface area contributed by atoms with E-state index in [1.807, 2.05) is 0 Å². The van der Waals surface area contributed by atoms with Crippen molar-refractivity contribution in [3.63, 3.8) is 0 Å². The van der Waals surface area contributed by atoms with Crippen molar-refractivity contribution in [2.45, 2.75) is 32.0 Å². The molecule has 0 bridgehead atoms. The molecule has 46 heavy (non-hydrogen) atoms. The molecule has 1 saturated heterocycles. The number of β-lactam (4-membered cyclic amide) rings is 1. The number of oxime groups is 1. The number of aromatic amines is 1. The highest BCUT2D eigenvalue weighted by Gasteiger charge is 2.44. The standard InChI is InChI=1S/C22H24N10O12S2/c1-22(2,18(38)39)44-28-14(11-8-45-19(23)26-11)16(36)25-10-7-31(17(10)37)20(40)29-46(42,43)32-21(41)30(3-4-33)15(27-32)9-5-12(34)13(35)6-24-9/h5-6,8,10,33,35H,3-4,7H2,1-2H3,(H2,23,26)(H,24,34)(H,25,36)(H,29,40)(H,38,39)/t10-/m0/s1. The number of H-pyrrole nitrogens is 1. The lowest BCUT2D eigenvalue weighted by atomic mass is 10.1. The number of nitrogens with zero attached hydrogens (tertiary/aromatic N) is 6. The Balaban J connectivity index is 1.49. The van der Waals surface area contributed by atoms with Crippen LogP contribution in [-0.4, -0.2) is 107 Å². The lowest BCUT2D eigenvalue weighted by Gasteiger charge is -2.36. The maximum absolute atomic E-state index is 12.9. The molecule has 1 atom stereocenters. The quantitative estimate of drug-likeness (QED) is 0.0587. The van der Waals surface area contributed by atoms with Crippen molar-refractivity contribution in [1.82, 2.24) is 38.7 Å². The Hall–Kier alpha value is -5.62. The summed E-state index contributed by atoms with van der Waals surface area (Å²) >= 11 is 0.923. The summed E-state index contributed by atoms with van der Waals surface area (Å²) in [6, 6.07) is -2.09. The van der Waals surface area contributed by atoms with Gasteiger partial charge < -0.3 is 36.2 Å². The van der Waals surface area contributed by atoms with E-state index in [-0.39, 0.29) is 20.6 Å². The van der Waals surface area contributed by atoms with Gasteiger partial charge in [0.05, 0.1) is 25.4 Å². The Bertz CT molecular complexity index is 1990. The Kier molecular flexibility index (Phi) is 8.97. The second-order valence-corrected chi connectivity index (χ2v) is 12.1. The molecule has 0 spiro atoms. The molecule has 4 heterocycles. The van der Waals surface area contributed by atoms with Gasteiger partial charge in [0.1, 0.15) is 11.7 Å². The molecule has 0 unspecified atom stereocenters. The van der Waals surface area contributed by atoms with E-state index in [1.54, 1.807) is 0 Å². The van der Waals surface area contributed by atoms with Gasteiger partial charge in [-0.25, -0.2) is 24.1 Å². The molecule has 0 aliphatic carbocycles. The minimum absolute atomic E-state index is 0.0283. The molecular weight excluding hydrogens is 660 g/mol. The number of nitrogens with two attached hydrogens (primary N) is 1. The topological polar surface area (TPSA) is 324 Å². The van der Waals surface area contributed by atoms with Crippen LogP contribution in [0, 0.1) is 0 Å². The number of rotatable bonds is 11. The fourth-order valence-electron chi connectivity index (χ4n) is 3.58. The number of urea groups is 1. The summed E-state index contributed by atoms with van der Waals surface area (Å²) in [7, 11) is -5.13. The number of aromatic nitrogens is 5. The van der Waals surface area contributed by atoms with Crippen LogP contribution in [-0.2, 0) is 36.0 Å². The second-order valence-electron chi connectivity index (χ2n) is 9.73. The van der Waals surface area contributed by atoms with Gasteiger partial charge in [-0.15, -0.1) is 16.4 Å². The first-order valence-corrected chi connectivity index (χ1v) is 14.9. The van der Waals surface area contributed by atoms with Gasteiger partial charge in [-0.05, 0) is 13.8 Å². The van der Waals surface area contributed by atoms with Gasteiger partial charge in [0, 0.05) is 17.6 Å². The molecule has 1 aliphatic heterocycles. The van der Waals surface area contributed by atoms with E-state index in [0.29, 0.717) is 9.47 Å². The maximum atomic E-state index is 12.9. The zero-order valence-electron chi connectivity index (χ0n) is 23.5. The van der Waals surface area contributed by atoms with Crippen molar-refractivity contribution >= 4 is 56.2 Å². The van der Waals surface area contributed by atoms with Crippen LogP contribution in [0.4, 0.5) is 9.93 Å². The summed E-state index contributed by atoms with van der Waals surface area (Å²) in [4.78, 5) is 86.0. The Morgan fingerprint density at radius 2 is 1.98 bits per heavy atom. The Labute approximate surface area is 259 Å². The average Bonchev–Trinajstić information content (AvgIpc) is 3.55. The van der Waals surface area contributed by atoms with Crippen molar-refractivity contribution in [1.29, 1.82) is 0 Å². The number of carboxylic acid groups (broad SMARTS) is 1. The van der Waals surface area contributed by atoms with Gasteiger partial charge in [0.2, 0.25) is 11.0 Å². The molecule has 0 radical (unpaired) electrons. The van der Waals surface area contributed by atoms with Crippen LogP contribution in [0.25, 0.3) is 11.5 Å². The van der Waals surface area contributed by atoms with Gasteiger partial charge >= 0.3 is 27.9 Å². The summed E-state index contributed by atoms with van der Waals surface area (Å²) in [6.07, 6.45) is 0.858. The lowest BCUT2D eigenvalue weighted by molar-refractivity contribution is -0.161. The van der Waals surface area contributed by atoms with Crippen LogP contribution in [0.15, 0.2) is 32.4 Å². The zero-order chi connectivity index (χ0) is 34.1. The molecule has 3 aromatic heterocycles. The average molecular weight is 685 g/mol. The van der Waals surface area contributed by atoms with Crippen LogP contribution in [0.2, 0.25) is 0 Å². The number of anilines is 1. The number of nitrogen functional groups attached to an aromatic ring is 1. The SMILES string of the molecule is CC(C)(ON=C(C(=O)N[C@H]1CN(C(=O)NS(=O)(=O)n2nc(-c3cc(=O)c(O)c[nH]3)n(CCO)c2=O)C1=O)c1csc(N)n1)C(=O)O. The number of aliphatic hydroxyl groups is 1. The highest BCUT2D eigenvalue weighted by atomic mass is 32.2. The largest absolute Gasteiger partial charge is 0.503 e. The number of likely N-dealkylation sites (tertiary alicyclic amines) is 1. The third kappa shape index (κ3) is 6.57. The number of carbonyl (C=O) groups excluding carboxylic acids is 3. The fourth-order valence-corrected chi connectivity index (χ4v) is 5.03. The van der Waals surface area contributed by atoms with Gasteiger partial charge in [-0.2, -0.15) is 8.42 Å². The molecule has 1 fully saturated rings. The first-order valence-electron chi connectivity index (χ1n) is 12.6. The van der Waals surface area contributed by atoms with Crippen LogP contribution in [0.5, 0.6) is 5.75 Å². The number of hydrogen-bond acceptors (Lipinski definition) is 16. The second kappa shape index (κ2) is 12.4. The summed E-state index contributed by atoms with van der Waals surface area (Å²) < 4.78 is 27.9. The van der Waals surface area contributed by atoms with Crippen LogP contribution < -0.4 is 26.9 Å². The van der Waals surface area contributed by atoms with Crippen LogP contribution >= 0.6 is 11.3 Å². The number of imide groups is 1.